The van der Waals surface area contributed by atoms with Crippen LogP contribution in [0, 0.1) is 0 Å². The van der Waals surface area contributed by atoms with Crippen LogP contribution in [0.3, 0.4) is 0 Å². The van der Waals surface area contributed by atoms with E-state index in [1.54, 1.807) is 25.3 Å². The molecule has 0 unspecified atom stereocenters. The molecule has 1 saturated carbocycles. The second-order valence-corrected chi connectivity index (χ2v) is 6.76. The summed E-state index contributed by atoms with van der Waals surface area (Å²) in [7, 11) is 5.52. The standard InChI is InChI=1S/C21H26N2O3/c1-23(2)18-11-7-6-10-17(18)22-21(24)15-12-13-19(25-3)20(14-15)26-16-8-4-5-9-16/h6-7,10-14,16H,4-5,8-9H2,1-3H3,(H,22,24). The van der Waals surface area contributed by atoms with E-state index in [-0.39, 0.29) is 12.0 Å². The summed E-state index contributed by atoms with van der Waals surface area (Å²) < 4.78 is 11.5. The molecule has 0 atom stereocenters. The summed E-state index contributed by atoms with van der Waals surface area (Å²) in [4.78, 5) is 14.7. The van der Waals surface area contributed by atoms with Crippen LogP contribution in [-0.4, -0.2) is 33.2 Å². The van der Waals surface area contributed by atoms with Gasteiger partial charge in [-0.3, -0.25) is 4.79 Å². The fourth-order valence-electron chi connectivity index (χ4n) is 3.26. The summed E-state index contributed by atoms with van der Waals surface area (Å²) in [5.74, 6) is 1.12. The SMILES string of the molecule is COc1ccc(C(=O)Nc2ccccc2N(C)C)cc1OC1CCCC1. The van der Waals surface area contributed by atoms with Crippen LogP contribution >= 0.6 is 0 Å². The van der Waals surface area contributed by atoms with Gasteiger partial charge in [0.05, 0.1) is 24.6 Å². The Hall–Kier alpha value is -2.69. The Balaban J connectivity index is 1.81. The van der Waals surface area contributed by atoms with E-state index in [2.05, 4.69) is 5.32 Å². The molecule has 1 aliphatic rings. The molecule has 0 spiro atoms. The van der Waals surface area contributed by atoms with Crippen molar-refractivity contribution in [1.29, 1.82) is 0 Å². The highest BCUT2D eigenvalue weighted by atomic mass is 16.5. The van der Waals surface area contributed by atoms with E-state index in [4.69, 9.17) is 9.47 Å². The maximum absolute atomic E-state index is 12.8. The van der Waals surface area contributed by atoms with Crippen molar-refractivity contribution in [1.82, 2.24) is 0 Å². The van der Waals surface area contributed by atoms with Crippen molar-refractivity contribution >= 4 is 17.3 Å². The van der Waals surface area contributed by atoms with Gasteiger partial charge in [0.1, 0.15) is 0 Å². The van der Waals surface area contributed by atoms with Gasteiger partial charge in [-0.1, -0.05) is 12.1 Å². The summed E-state index contributed by atoms with van der Waals surface area (Å²) in [5.41, 5.74) is 2.28. The lowest BCUT2D eigenvalue weighted by atomic mass is 10.1. The van der Waals surface area contributed by atoms with E-state index in [1.165, 1.54) is 12.8 Å². The van der Waals surface area contributed by atoms with Crippen molar-refractivity contribution in [2.45, 2.75) is 31.8 Å². The average Bonchev–Trinajstić information content (AvgIpc) is 3.15. The maximum atomic E-state index is 12.8. The van der Waals surface area contributed by atoms with E-state index >= 15 is 0 Å². The van der Waals surface area contributed by atoms with Crippen LogP contribution in [0.4, 0.5) is 11.4 Å². The predicted octanol–water partition coefficient (Wildman–Crippen LogP) is 4.33. The number of amides is 1. The van der Waals surface area contributed by atoms with Crippen molar-refractivity contribution < 1.29 is 14.3 Å². The van der Waals surface area contributed by atoms with Crippen molar-refractivity contribution in [2.75, 3.05) is 31.4 Å². The van der Waals surface area contributed by atoms with Crippen molar-refractivity contribution in [2.24, 2.45) is 0 Å². The zero-order chi connectivity index (χ0) is 18.5. The van der Waals surface area contributed by atoms with Crippen LogP contribution < -0.4 is 19.7 Å². The minimum Gasteiger partial charge on any atom is -0.493 e. The molecular formula is C21H26N2O3. The molecule has 1 fully saturated rings. The van der Waals surface area contributed by atoms with Gasteiger partial charge < -0.3 is 19.7 Å². The minimum absolute atomic E-state index is 0.168. The fraction of sp³-hybridized carbons (Fsp3) is 0.381. The number of benzene rings is 2. The molecule has 138 valence electrons. The summed E-state index contributed by atoms with van der Waals surface area (Å²) in [6, 6.07) is 13.0. The Morgan fingerprint density at radius 1 is 1.08 bits per heavy atom. The van der Waals surface area contributed by atoms with Gasteiger partial charge in [-0.15, -0.1) is 0 Å². The van der Waals surface area contributed by atoms with Crippen LogP contribution in [0.5, 0.6) is 11.5 Å². The first kappa shape index (κ1) is 18.1. The molecule has 1 N–H and O–H groups in total. The second-order valence-electron chi connectivity index (χ2n) is 6.76. The van der Waals surface area contributed by atoms with Gasteiger partial charge in [-0.2, -0.15) is 0 Å². The molecule has 0 saturated heterocycles. The van der Waals surface area contributed by atoms with Crippen LogP contribution in [0.15, 0.2) is 42.5 Å². The first-order valence-corrected chi connectivity index (χ1v) is 9.01. The predicted molar refractivity (Wildman–Crippen MR) is 105 cm³/mol. The van der Waals surface area contributed by atoms with Crippen molar-refractivity contribution in [3.8, 4) is 11.5 Å². The van der Waals surface area contributed by atoms with Crippen molar-refractivity contribution in [3.05, 3.63) is 48.0 Å². The number of nitrogens with one attached hydrogen (secondary N) is 1. The number of para-hydroxylation sites is 2. The number of methoxy groups -OCH3 is 1. The lowest BCUT2D eigenvalue weighted by Crippen LogP contribution is -2.17. The third-order valence-electron chi connectivity index (χ3n) is 4.66. The molecule has 26 heavy (non-hydrogen) atoms. The van der Waals surface area contributed by atoms with Gasteiger partial charge in [-0.25, -0.2) is 0 Å². The van der Waals surface area contributed by atoms with E-state index in [1.807, 2.05) is 43.3 Å². The molecule has 0 aromatic heterocycles. The van der Waals surface area contributed by atoms with Gasteiger partial charge in [0.2, 0.25) is 0 Å². The van der Waals surface area contributed by atoms with E-state index in [0.29, 0.717) is 17.1 Å². The van der Waals surface area contributed by atoms with Gasteiger partial charge in [0.25, 0.3) is 5.91 Å². The topological polar surface area (TPSA) is 50.8 Å². The number of rotatable bonds is 6. The monoisotopic (exact) mass is 354 g/mol. The highest BCUT2D eigenvalue weighted by Crippen LogP contribution is 2.33. The molecule has 5 heteroatoms. The lowest BCUT2D eigenvalue weighted by molar-refractivity contribution is 0.102. The molecule has 3 rings (SSSR count). The van der Waals surface area contributed by atoms with Crippen molar-refractivity contribution in [3.63, 3.8) is 0 Å². The molecule has 0 radical (unpaired) electrons. The maximum Gasteiger partial charge on any atom is 0.255 e. The zero-order valence-electron chi connectivity index (χ0n) is 15.6. The van der Waals surface area contributed by atoms with Crippen LogP contribution in [0.2, 0.25) is 0 Å². The number of nitrogens with zero attached hydrogens (tertiary/aromatic N) is 1. The first-order chi connectivity index (χ1) is 12.6. The largest absolute Gasteiger partial charge is 0.493 e. The molecule has 2 aromatic carbocycles. The molecular weight excluding hydrogens is 328 g/mol. The Morgan fingerprint density at radius 3 is 2.50 bits per heavy atom. The fourth-order valence-corrected chi connectivity index (χ4v) is 3.26. The Labute approximate surface area is 154 Å². The second kappa shape index (κ2) is 8.13. The highest BCUT2D eigenvalue weighted by molar-refractivity contribution is 6.06. The van der Waals surface area contributed by atoms with E-state index in [0.717, 1.165) is 24.2 Å². The van der Waals surface area contributed by atoms with Gasteiger partial charge in [0.15, 0.2) is 11.5 Å². The minimum atomic E-state index is -0.168. The number of hydrogen-bond acceptors (Lipinski definition) is 4. The molecule has 2 aromatic rings. The third kappa shape index (κ3) is 4.10. The smallest absolute Gasteiger partial charge is 0.255 e. The normalized spacial score (nSPS) is 14.1. The molecule has 5 nitrogen and oxygen atoms in total. The first-order valence-electron chi connectivity index (χ1n) is 9.01. The summed E-state index contributed by atoms with van der Waals surface area (Å²) in [5, 5.41) is 2.99. The average molecular weight is 354 g/mol. The number of carbonyl (C=O) groups excluding carboxylic acids is 1. The van der Waals surface area contributed by atoms with Crippen LogP contribution in [0.1, 0.15) is 36.0 Å². The number of hydrogen-bond donors (Lipinski definition) is 1. The molecule has 1 amide bonds. The van der Waals surface area contributed by atoms with Gasteiger partial charge in [-0.05, 0) is 56.0 Å². The summed E-state index contributed by atoms with van der Waals surface area (Å²) in [6.45, 7) is 0. The summed E-state index contributed by atoms with van der Waals surface area (Å²) in [6.07, 6.45) is 4.69. The number of ether oxygens (including phenoxy) is 2. The third-order valence-corrected chi connectivity index (χ3v) is 4.66. The molecule has 0 bridgehead atoms. The van der Waals surface area contributed by atoms with E-state index < -0.39 is 0 Å². The van der Waals surface area contributed by atoms with Gasteiger partial charge in [0, 0.05) is 19.7 Å². The zero-order valence-corrected chi connectivity index (χ0v) is 15.6. The van der Waals surface area contributed by atoms with Gasteiger partial charge >= 0.3 is 0 Å². The number of anilines is 2. The van der Waals surface area contributed by atoms with E-state index in [9.17, 15) is 4.79 Å². The molecule has 0 heterocycles. The van der Waals surface area contributed by atoms with Crippen LogP contribution in [0.25, 0.3) is 0 Å². The Bertz CT molecular complexity index is 768. The highest BCUT2D eigenvalue weighted by Gasteiger charge is 2.20. The van der Waals surface area contributed by atoms with Crippen LogP contribution in [-0.2, 0) is 0 Å². The molecule has 1 aliphatic carbocycles. The quantitative estimate of drug-likeness (QED) is 0.839. The summed E-state index contributed by atoms with van der Waals surface area (Å²) >= 11 is 0. The lowest BCUT2D eigenvalue weighted by Gasteiger charge is -2.19. The molecule has 0 aliphatic heterocycles. The Kier molecular flexibility index (Phi) is 5.66. The Morgan fingerprint density at radius 2 is 1.81 bits per heavy atom. The number of carbonyl (C=O) groups is 1.